The molecular weight excluding hydrogens is 176 g/mol. The molecule has 1 aliphatic rings. The Kier molecular flexibility index (Phi) is 4.58. The highest BCUT2D eigenvalue weighted by Gasteiger charge is 2.23. The van der Waals surface area contributed by atoms with Crippen LogP contribution in [0.15, 0.2) is 11.6 Å². The van der Waals surface area contributed by atoms with Crippen molar-refractivity contribution in [3.8, 4) is 0 Å². The second-order valence-electron chi connectivity index (χ2n) is 4.23. The first kappa shape index (κ1) is 11.7. The summed E-state index contributed by atoms with van der Waals surface area (Å²) < 4.78 is 5.75. The first-order valence-electron chi connectivity index (χ1n) is 5.26. The predicted molar refractivity (Wildman–Crippen MR) is 59.5 cm³/mol. The summed E-state index contributed by atoms with van der Waals surface area (Å²) in [6, 6.07) is 0.336. The molecule has 1 fully saturated rings. The average Bonchev–Trinajstić information content (AvgIpc) is 2.14. The third kappa shape index (κ3) is 3.40. The molecule has 0 aromatic rings. The average molecular weight is 198 g/mol. The minimum Gasteiger partial charge on any atom is -0.374 e. The van der Waals surface area contributed by atoms with Crippen molar-refractivity contribution in [1.29, 1.82) is 0 Å². The van der Waals surface area contributed by atoms with Gasteiger partial charge in [0.25, 0.3) is 0 Å². The summed E-state index contributed by atoms with van der Waals surface area (Å²) in [6.45, 7) is 7.14. The minimum atomic E-state index is 0.286. The highest BCUT2D eigenvalue weighted by Crippen LogP contribution is 2.09. The second-order valence-corrected chi connectivity index (χ2v) is 4.23. The molecule has 1 N–H and O–H groups in total. The van der Waals surface area contributed by atoms with Crippen LogP contribution in [-0.4, -0.2) is 50.8 Å². The summed E-state index contributed by atoms with van der Waals surface area (Å²) in [5.74, 6) is 0. The van der Waals surface area contributed by atoms with Gasteiger partial charge in [-0.2, -0.15) is 0 Å². The van der Waals surface area contributed by atoms with Crippen LogP contribution in [0.3, 0.4) is 0 Å². The predicted octanol–water partition coefficient (Wildman–Crippen LogP) is 0.871. The van der Waals surface area contributed by atoms with Crippen LogP contribution in [0.25, 0.3) is 0 Å². The molecule has 1 saturated heterocycles. The van der Waals surface area contributed by atoms with Crippen molar-refractivity contribution < 1.29 is 4.74 Å². The molecule has 0 aromatic carbocycles. The fourth-order valence-electron chi connectivity index (χ4n) is 1.76. The molecule has 3 nitrogen and oxygen atoms in total. The number of nitrogens with one attached hydrogen (secondary N) is 1. The highest BCUT2D eigenvalue weighted by atomic mass is 16.5. The number of morpholine rings is 1. The van der Waals surface area contributed by atoms with Crippen molar-refractivity contribution in [1.82, 2.24) is 10.2 Å². The third-order valence-electron chi connectivity index (χ3n) is 2.54. The van der Waals surface area contributed by atoms with Crippen LogP contribution < -0.4 is 5.32 Å². The molecule has 1 aliphatic heterocycles. The van der Waals surface area contributed by atoms with E-state index in [4.69, 9.17) is 4.74 Å². The highest BCUT2D eigenvalue weighted by molar-refractivity contribution is 5.04. The molecular formula is C11H22N2O. The van der Waals surface area contributed by atoms with Crippen molar-refractivity contribution in [3.63, 3.8) is 0 Å². The van der Waals surface area contributed by atoms with Gasteiger partial charge >= 0.3 is 0 Å². The number of rotatable bonds is 3. The first-order valence-corrected chi connectivity index (χ1v) is 5.26. The van der Waals surface area contributed by atoms with Crippen molar-refractivity contribution in [3.05, 3.63) is 11.6 Å². The van der Waals surface area contributed by atoms with E-state index in [1.807, 2.05) is 7.05 Å². The van der Waals surface area contributed by atoms with E-state index in [1.165, 1.54) is 5.57 Å². The summed E-state index contributed by atoms with van der Waals surface area (Å²) in [5, 5.41) is 3.30. The second kappa shape index (κ2) is 5.49. The monoisotopic (exact) mass is 198 g/mol. The Morgan fingerprint density at radius 3 is 2.79 bits per heavy atom. The van der Waals surface area contributed by atoms with Crippen molar-refractivity contribution in [2.24, 2.45) is 0 Å². The Labute approximate surface area is 87.1 Å². The van der Waals surface area contributed by atoms with Gasteiger partial charge in [-0.1, -0.05) is 11.6 Å². The van der Waals surface area contributed by atoms with E-state index in [0.717, 1.165) is 19.7 Å². The summed E-state index contributed by atoms with van der Waals surface area (Å²) in [6.07, 6.45) is 2.53. The third-order valence-corrected chi connectivity index (χ3v) is 2.54. The number of likely N-dealkylation sites (N-methyl/N-ethyl adjacent to an activating group) is 2. The van der Waals surface area contributed by atoms with Crippen LogP contribution in [0.2, 0.25) is 0 Å². The molecule has 2 atom stereocenters. The van der Waals surface area contributed by atoms with Crippen LogP contribution in [0, 0.1) is 0 Å². The lowest BCUT2D eigenvalue weighted by Gasteiger charge is -2.34. The lowest BCUT2D eigenvalue weighted by atomic mass is 10.1. The number of allylic oxidation sites excluding steroid dienone is 1. The zero-order chi connectivity index (χ0) is 10.6. The fraction of sp³-hybridized carbons (Fsp3) is 0.818. The molecule has 0 spiro atoms. The Hall–Kier alpha value is -0.380. The maximum Gasteiger partial charge on any atom is 0.0890 e. The summed E-state index contributed by atoms with van der Waals surface area (Å²) in [4.78, 5) is 2.32. The molecule has 1 rings (SSSR count). The molecule has 0 bridgehead atoms. The SMILES string of the molecule is CNC(C=C(C)C)C1CN(C)CCO1. The molecule has 0 aromatic heterocycles. The Morgan fingerprint density at radius 2 is 2.29 bits per heavy atom. The summed E-state index contributed by atoms with van der Waals surface area (Å²) >= 11 is 0. The molecule has 3 heteroatoms. The Bertz CT molecular complexity index is 199. The van der Waals surface area contributed by atoms with Crippen LogP contribution in [0.1, 0.15) is 13.8 Å². The van der Waals surface area contributed by atoms with Gasteiger partial charge in [0.2, 0.25) is 0 Å². The maximum atomic E-state index is 5.75. The quantitative estimate of drug-likeness (QED) is 0.681. The Morgan fingerprint density at radius 1 is 1.57 bits per heavy atom. The lowest BCUT2D eigenvalue weighted by Crippen LogP contribution is -2.49. The Balaban J connectivity index is 2.55. The molecule has 2 unspecified atom stereocenters. The molecule has 14 heavy (non-hydrogen) atoms. The standard InChI is InChI=1S/C11H22N2O/c1-9(2)7-10(12-3)11-8-13(4)5-6-14-11/h7,10-12H,5-6,8H2,1-4H3. The van der Waals surface area contributed by atoms with E-state index >= 15 is 0 Å². The van der Waals surface area contributed by atoms with Gasteiger partial charge in [0.05, 0.1) is 18.8 Å². The normalized spacial score (nSPS) is 25.9. The van der Waals surface area contributed by atoms with Gasteiger partial charge in [-0.3, -0.25) is 0 Å². The van der Waals surface area contributed by atoms with Gasteiger partial charge in [0.15, 0.2) is 0 Å². The van der Waals surface area contributed by atoms with Crippen molar-refractivity contribution in [2.45, 2.75) is 26.0 Å². The van der Waals surface area contributed by atoms with Gasteiger partial charge < -0.3 is 15.0 Å². The summed E-state index contributed by atoms with van der Waals surface area (Å²) in [7, 11) is 4.13. The van der Waals surface area contributed by atoms with Gasteiger partial charge in [-0.05, 0) is 27.9 Å². The number of ether oxygens (including phenoxy) is 1. The van der Waals surface area contributed by atoms with Gasteiger partial charge in [0.1, 0.15) is 0 Å². The van der Waals surface area contributed by atoms with Crippen molar-refractivity contribution >= 4 is 0 Å². The van der Waals surface area contributed by atoms with Gasteiger partial charge in [-0.25, -0.2) is 0 Å². The van der Waals surface area contributed by atoms with Crippen LogP contribution in [-0.2, 0) is 4.74 Å². The minimum absolute atomic E-state index is 0.286. The fourth-order valence-corrected chi connectivity index (χ4v) is 1.76. The van der Waals surface area contributed by atoms with Crippen LogP contribution in [0.4, 0.5) is 0 Å². The molecule has 1 heterocycles. The number of hydrogen-bond acceptors (Lipinski definition) is 3. The first-order chi connectivity index (χ1) is 6.63. The van der Waals surface area contributed by atoms with E-state index in [0.29, 0.717) is 6.04 Å². The molecule has 82 valence electrons. The van der Waals surface area contributed by atoms with E-state index in [2.05, 4.69) is 37.2 Å². The number of nitrogens with zero attached hydrogens (tertiary/aromatic N) is 1. The zero-order valence-electron chi connectivity index (χ0n) is 9.71. The van der Waals surface area contributed by atoms with E-state index < -0.39 is 0 Å². The number of hydrogen-bond donors (Lipinski definition) is 1. The smallest absolute Gasteiger partial charge is 0.0890 e. The van der Waals surface area contributed by atoms with E-state index in [-0.39, 0.29) is 6.10 Å². The van der Waals surface area contributed by atoms with Gasteiger partial charge in [-0.15, -0.1) is 0 Å². The maximum absolute atomic E-state index is 5.75. The molecule has 0 amide bonds. The van der Waals surface area contributed by atoms with E-state index in [1.54, 1.807) is 0 Å². The van der Waals surface area contributed by atoms with Crippen molar-refractivity contribution in [2.75, 3.05) is 33.8 Å². The zero-order valence-corrected chi connectivity index (χ0v) is 9.71. The lowest BCUT2D eigenvalue weighted by molar-refractivity contribution is -0.0295. The van der Waals surface area contributed by atoms with Crippen LogP contribution >= 0.6 is 0 Å². The van der Waals surface area contributed by atoms with Gasteiger partial charge in [0, 0.05) is 13.1 Å². The summed E-state index contributed by atoms with van der Waals surface area (Å²) in [5.41, 5.74) is 1.33. The molecule has 0 saturated carbocycles. The molecule has 0 radical (unpaired) electrons. The topological polar surface area (TPSA) is 24.5 Å². The molecule has 0 aliphatic carbocycles. The van der Waals surface area contributed by atoms with Crippen LogP contribution in [0.5, 0.6) is 0 Å². The largest absolute Gasteiger partial charge is 0.374 e. The van der Waals surface area contributed by atoms with E-state index in [9.17, 15) is 0 Å².